The van der Waals surface area contributed by atoms with E-state index in [1.165, 1.54) is 17.6 Å². The van der Waals surface area contributed by atoms with Crippen molar-refractivity contribution < 1.29 is 17.9 Å². The number of carbonyl (C=O) groups is 1. The van der Waals surface area contributed by atoms with Gasteiger partial charge in [-0.3, -0.25) is 0 Å². The maximum absolute atomic E-state index is 13.3. The lowest BCUT2D eigenvalue weighted by molar-refractivity contribution is 0.0596. The molecule has 9 heteroatoms. The number of pyridine rings is 1. The van der Waals surface area contributed by atoms with Gasteiger partial charge in [0.15, 0.2) is 5.69 Å². The number of carbonyl (C=O) groups excluding carboxylic acids is 1. The number of ether oxygens (including phenoxy) is 1. The predicted molar refractivity (Wildman–Crippen MR) is 101 cm³/mol. The quantitative estimate of drug-likeness (QED) is 0.792. The summed E-state index contributed by atoms with van der Waals surface area (Å²) in [6, 6.07) is 6.38. The van der Waals surface area contributed by atoms with Crippen molar-refractivity contribution >= 4 is 39.2 Å². The molecule has 0 saturated carbocycles. The number of halogens is 1. The lowest BCUT2D eigenvalue weighted by atomic mass is 10.1. The zero-order valence-electron chi connectivity index (χ0n) is 14.8. The first-order chi connectivity index (χ1) is 11.9. The highest BCUT2D eigenvalue weighted by Gasteiger charge is 2.35. The maximum Gasteiger partial charge on any atom is 0.357 e. The Morgan fingerprint density at radius 2 is 2.00 bits per heavy atom. The fourth-order valence-corrected chi connectivity index (χ4v) is 5.07. The van der Waals surface area contributed by atoms with Crippen LogP contribution >= 0.6 is 12.4 Å². The van der Waals surface area contributed by atoms with Gasteiger partial charge in [-0.1, -0.05) is 12.1 Å². The van der Waals surface area contributed by atoms with E-state index < -0.39 is 16.0 Å². The molecular formula is C17H22ClN3O4S. The summed E-state index contributed by atoms with van der Waals surface area (Å²) in [4.78, 5) is 16.2. The molecule has 7 nitrogen and oxygen atoms in total. The second kappa shape index (κ2) is 7.87. The summed E-state index contributed by atoms with van der Waals surface area (Å²) < 4.78 is 32.8. The molecule has 2 unspecified atom stereocenters. The van der Waals surface area contributed by atoms with Gasteiger partial charge in [0.2, 0.25) is 10.0 Å². The van der Waals surface area contributed by atoms with E-state index in [1.54, 1.807) is 24.3 Å². The normalized spacial score (nSPS) is 21.2. The van der Waals surface area contributed by atoms with Crippen LogP contribution in [0.25, 0.3) is 10.8 Å². The van der Waals surface area contributed by atoms with Gasteiger partial charge in [0, 0.05) is 42.1 Å². The Labute approximate surface area is 159 Å². The topological polar surface area (TPSA) is 88.6 Å². The number of piperazine rings is 1. The largest absolute Gasteiger partial charge is 0.464 e. The fourth-order valence-electron chi connectivity index (χ4n) is 3.15. The van der Waals surface area contributed by atoms with Crippen molar-refractivity contribution in [3.8, 4) is 0 Å². The van der Waals surface area contributed by atoms with Crippen LogP contribution in [0, 0.1) is 0 Å². The van der Waals surface area contributed by atoms with Crippen LogP contribution in [0.3, 0.4) is 0 Å². The van der Waals surface area contributed by atoms with E-state index >= 15 is 0 Å². The molecule has 0 amide bonds. The number of benzene rings is 1. The molecule has 3 rings (SSSR count). The molecule has 1 aromatic carbocycles. The molecule has 26 heavy (non-hydrogen) atoms. The highest BCUT2D eigenvalue weighted by atomic mass is 35.5. The van der Waals surface area contributed by atoms with E-state index in [9.17, 15) is 13.2 Å². The zero-order valence-corrected chi connectivity index (χ0v) is 16.4. The summed E-state index contributed by atoms with van der Waals surface area (Å²) in [5.41, 5.74) is 0.110. The van der Waals surface area contributed by atoms with Crippen LogP contribution in [0.15, 0.2) is 35.4 Å². The number of rotatable bonds is 3. The van der Waals surface area contributed by atoms with Gasteiger partial charge in [-0.25, -0.2) is 18.2 Å². The minimum Gasteiger partial charge on any atom is -0.464 e. The van der Waals surface area contributed by atoms with Gasteiger partial charge in [-0.05, 0) is 26.0 Å². The maximum atomic E-state index is 13.3. The van der Waals surface area contributed by atoms with E-state index in [0.717, 1.165) is 0 Å². The van der Waals surface area contributed by atoms with E-state index in [-0.39, 0.29) is 35.1 Å². The number of hydrogen-bond acceptors (Lipinski definition) is 6. The highest BCUT2D eigenvalue weighted by Crippen LogP contribution is 2.29. The molecule has 1 saturated heterocycles. The van der Waals surface area contributed by atoms with Crippen molar-refractivity contribution in [2.75, 3.05) is 20.2 Å². The highest BCUT2D eigenvalue weighted by molar-refractivity contribution is 7.89. The van der Waals surface area contributed by atoms with Crippen LogP contribution in [0.1, 0.15) is 24.3 Å². The molecule has 1 aliphatic rings. The Kier molecular flexibility index (Phi) is 6.23. The summed E-state index contributed by atoms with van der Waals surface area (Å²) in [5.74, 6) is -0.593. The van der Waals surface area contributed by atoms with Crippen molar-refractivity contribution in [3.05, 3.63) is 36.2 Å². The standard InChI is InChI=1S/C17H21N3O4S.ClH/c1-11-12(2)20(10-9-18-11)25(22,23)15-6-4-5-14-13(15)7-8-19-16(14)17(21)24-3;/h4-8,11-12,18H,9-10H2,1-3H3;1H. The molecule has 1 aliphatic heterocycles. The predicted octanol–water partition coefficient (Wildman–Crippen LogP) is 1.81. The summed E-state index contributed by atoms with van der Waals surface area (Å²) in [6.45, 7) is 4.86. The van der Waals surface area contributed by atoms with E-state index in [4.69, 9.17) is 4.74 Å². The van der Waals surface area contributed by atoms with Crippen LogP contribution in [0.2, 0.25) is 0 Å². The van der Waals surface area contributed by atoms with Gasteiger partial charge in [-0.15, -0.1) is 12.4 Å². The molecule has 0 aliphatic carbocycles. The van der Waals surface area contributed by atoms with Crippen molar-refractivity contribution in [1.29, 1.82) is 0 Å². The molecular weight excluding hydrogens is 378 g/mol. The molecule has 0 spiro atoms. The number of methoxy groups -OCH3 is 1. The summed E-state index contributed by atoms with van der Waals surface area (Å²) >= 11 is 0. The lowest BCUT2D eigenvalue weighted by Gasteiger charge is -2.37. The molecule has 2 aromatic rings. The summed E-state index contributed by atoms with van der Waals surface area (Å²) in [5, 5.41) is 4.21. The summed E-state index contributed by atoms with van der Waals surface area (Å²) in [7, 11) is -2.44. The second-order valence-electron chi connectivity index (χ2n) is 6.10. The van der Waals surface area contributed by atoms with E-state index in [0.29, 0.717) is 23.9 Å². The Hall–Kier alpha value is -1.74. The first-order valence-electron chi connectivity index (χ1n) is 8.09. The number of hydrogen-bond donors (Lipinski definition) is 1. The third kappa shape index (κ3) is 3.42. The molecule has 1 aromatic heterocycles. The number of aromatic nitrogens is 1. The minimum atomic E-state index is -3.71. The molecule has 1 fully saturated rings. The third-order valence-corrected chi connectivity index (χ3v) is 6.75. The van der Waals surface area contributed by atoms with Gasteiger partial charge in [0.05, 0.1) is 12.0 Å². The van der Waals surface area contributed by atoms with Crippen molar-refractivity contribution in [3.63, 3.8) is 0 Å². The van der Waals surface area contributed by atoms with Crippen molar-refractivity contribution in [2.45, 2.75) is 30.8 Å². The van der Waals surface area contributed by atoms with Gasteiger partial charge in [0.25, 0.3) is 0 Å². The molecule has 0 bridgehead atoms. The second-order valence-corrected chi connectivity index (χ2v) is 7.96. The zero-order chi connectivity index (χ0) is 18.2. The van der Waals surface area contributed by atoms with Gasteiger partial charge >= 0.3 is 5.97 Å². The van der Waals surface area contributed by atoms with Gasteiger partial charge in [0.1, 0.15) is 0 Å². The smallest absolute Gasteiger partial charge is 0.357 e. The SMILES string of the molecule is COC(=O)c1nccc2c(S(=O)(=O)N3CCNC(C)C3C)cccc12.Cl. The number of nitrogens with zero attached hydrogens (tertiary/aromatic N) is 2. The summed E-state index contributed by atoms with van der Waals surface area (Å²) in [6.07, 6.45) is 1.43. The van der Waals surface area contributed by atoms with Gasteiger partial charge < -0.3 is 10.1 Å². The van der Waals surface area contributed by atoms with Crippen LogP contribution in [0.4, 0.5) is 0 Å². The average molecular weight is 400 g/mol. The van der Waals surface area contributed by atoms with Gasteiger partial charge in [-0.2, -0.15) is 4.31 Å². The number of esters is 1. The fraction of sp³-hybridized carbons (Fsp3) is 0.412. The molecule has 1 N–H and O–H groups in total. The average Bonchev–Trinajstić information content (AvgIpc) is 2.62. The lowest BCUT2D eigenvalue weighted by Crippen LogP contribution is -2.57. The first-order valence-corrected chi connectivity index (χ1v) is 9.53. The number of nitrogens with one attached hydrogen (secondary N) is 1. The molecule has 2 heterocycles. The number of sulfonamides is 1. The van der Waals surface area contributed by atoms with Crippen LogP contribution in [0.5, 0.6) is 0 Å². The monoisotopic (exact) mass is 399 g/mol. The van der Waals surface area contributed by atoms with Crippen LogP contribution < -0.4 is 5.32 Å². The van der Waals surface area contributed by atoms with Crippen LogP contribution in [-0.2, 0) is 14.8 Å². The third-order valence-electron chi connectivity index (χ3n) is 4.71. The van der Waals surface area contributed by atoms with Crippen molar-refractivity contribution in [1.82, 2.24) is 14.6 Å². The molecule has 0 radical (unpaired) electrons. The van der Waals surface area contributed by atoms with E-state index in [2.05, 4.69) is 10.3 Å². The van der Waals surface area contributed by atoms with Crippen LogP contribution in [-0.4, -0.2) is 56.0 Å². The molecule has 2 atom stereocenters. The van der Waals surface area contributed by atoms with Crippen molar-refractivity contribution in [2.24, 2.45) is 0 Å². The Balaban J connectivity index is 0.00000243. The minimum absolute atomic E-state index is 0. The Bertz CT molecular complexity index is 919. The Morgan fingerprint density at radius 1 is 1.27 bits per heavy atom. The number of fused-ring (bicyclic) bond motifs is 1. The molecule has 142 valence electrons. The first kappa shape index (κ1) is 20.6. The Morgan fingerprint density at radius 3 is 2.69 bits per heavy atom. The van der Waals surface area contributed by atoms with E-state index in [1.807, 2.05) is 13.8 Å².